The van der Waals surface area contributed by atoms with E-state index in [0.717, 1.165) is 0 Å². The zero-order valence-electron chi connectivity index (χ0n) is 12.5. The molecule has 0 radical (unpaired) electrons. The van der Waals surface area contributed by atoms with Crippen molar-refractivity contribution in [3.05, 3.63) is 22.3 Å². The molecule has 3 N–H and O–H groups in total. The second-order valence-corrected chi connectivity index (χ2v) is 6.55. The highest BCUT2D eigenvalue weighted by molar-refractivity contribution is 7.80. The molecule has 0 unspecified atom stereocenters. The topological polar surface area (TPSA) is 75.3 Å². The molecule has 1 aromatic heterocycles. The highest BCUT2D eigenvalue weighted by Crippen LogP contribution is 2.22. The number of pyridine rings is 1. The molecule has 0 aromatic carbocycles. The molecule has 1 heterocycles. The molecule has 0 fully saturated rings. The van der Waals surface area contributed by atoms with Crippen molar-refractivity contribution in [3.8, 4) is 0 Å². The van der Waals surface area contributed by atoms with Gasteiger partial charge in [0.05, 0.1) is 10.0 Å². The summed E-state index contributed by atoms with van der Waals surface area (Å²) in [5.74, 6) is 0.406. The van der Waals surface area contributed by atoms with E-state index < -0.39 is 11.7 Å². The molecule has 0 aliphatic carbocycles. The molecule has 6 nitrogen and oxygen atoms in total. The van der Waals surface area contributed by atoms with E-state index in [4.69, 9.17) is 40.2 Å². The molecule has 0 saturated carbocycles. The first-order valence-corrected chi connectivity index (χ1v) is 7.66. The maximum atomic E-state index is 11.4. The Kier molecular flexibility index (Phi) is 7.12. The third-order valence-corrected chi connectivity index (χ3v) is 2.86. The van der Waals surface area contributed by atoms with Gasteiger partial charge in [-0.25, -0.2) is 9.78 Å². The van der Waals surface area contributed by atoms with Gasteiger partial charge in [0.1, 0.15) is 5.60 Å². The fraction of sp³-hybridized carbons (Fsp3) is 0.462. The Morgan fingerprint density at radius 1 is 1.32 bits per heavy atom. The summed E-state index contributed by atoms with van der Waals surface area (Å²) in [6.07, 6.45) is 0.984. The predicted molar refractivity (Wildman–Crippen MR) is 92.7 cm³/mol. The maximum Gasteiger partial charge on any atom is 0.407 e. The lowest BCUT2D eigenvalue weighted by atomic mass is 10.2. The van der Waals surface area contributed by atoms with Crippen molar-refractivity contribution < 1.29 is 9.53 Å². The second kappa shape index (κ2) is 8.36. The first-order valence-electron chi connectivity index (χ1n) is 6.50. The average Bonchev–Trinajstić information content (AvgIpc) is 2.36. The van der Waals surface area contributed by atoms with Crippen molar-refractivity contribution >= 4 is 52.4 Å². The SMILES string of the molecule is CC(C)(C)OC(=O)NCCNC(=S)Nc1ncc(Cl)cc1Cl. The lowest BCUT2D eigenvalue weighted by Gasteiger charge is -2.19. The third kappa shape index (κ3) is 7.63. The summed E-state index contributed by atoms with van der Waals surface area (Å²) in [6.45, 7) is 6.18. The minimum atomic E-state index is -0.522. The average molecular weight is 365 g/mol. The molecule has 1 aromatic rings. The summed E-state index contributed by atoms with van der Waals surface area (Å²) in [5, 5.41) is 9.50. The zero-order chi connectivity index (χ0) is 16.8. The number of ether oxygens (including phenoxy) is 1. The number of rotatable bonds is 4. The Morgan fingerprint density at radius 2 is 1.95 bits per heavy atom. The van der Waals surface area contributed by atoms with Gasteiger partial charge in [0.2, 0.25) is 0 Å². The number of hydrogen-bond acceptors (Lipinski definition) is 4. The number of carbonyl (C=O) groups is 1. The molecule has 0 bridgehead atoms. The molecular formula is C13H18Cl2N4O2S. The van der Waals surface area contributed by atoms with E-state index in [-0.39, 0.29) is 0 Å². The maximum absolute atomic E-state index is 11.4. The summed E-state index contributed by atoms with van der Waals surface area (Å²) < 4.78 is 5.10. The van der Waals surface area contributed by atoms with Gasteiger partial charge in [-0.3, -0.25) is 0 Å². The normalized spacial score (nSPS) is 10.8. The Balaban J connectivity index is 2.28. The van der Waals surface area contributed by atoms with Crippen LogP contribution < -0.4 is 16.0 Å². The fourth-order valence-corrected chi connectivity index (χ4v) is 1.94. The van der Waals surface area contributed by atoms with E-state index in [1.807, 2.05) is 0 Å². The minimum Gasteiger partial charge on any atom is -0.444 e. The second-order valence-electron chi connectivity index (χ2n) is 5.29. The number of halogens is 2. The fourth-order valence-electron chi connectivity index (χ4n) is 1.31. The van der Waals surface area contributed by atoms with Gasteiger partial charge < -0.3 is 20.7 Å². The summed E-state index contributed by atoms with van der Waals surface area (Å²) >= 11 is 16.8. The summed E-state index contributed by atoms with van der Waals surface area (Å²) in [7, 11) is 0. The van der Waals surface area contributed by atoms with Gasteiger partial charge >= 0.3 is 6.09 Å². The van der Waals surface area contributed by atoms with Gasteiger partial charge in [-0.1, -0.05) is 23.2 Å². The van der Waals surface area contributed by atoms with Crippen LogP contribution in [0.5, 0.6) is 0 Å². The third-order valence-electron chi connectivity index (χ3n) is 2.12. The zero-order valence-corrected chi connectivity index (χ0v) is 14.8. The van der Waals surface area contributed by atoms with Crippen LogP contribution in [-0.2, 0) is 4.74 Å². The van der Waals surface area contributed by atoms with E-state index in [2.05, 4.69) is 20.9 Å². The summed E-state index contributed by atoms with van der Waals surface area (Å²) in [6, 6.07) is 1.56. The monoisotopic (exact) mass is 364 g/mol. The van der Waals surface area contributed by atoms with Crippen LogP contribution in [0.2, 0.25) is 10.0 Å². The molecule has 0 aliphatic rings. The molecule has 0 aliphatic heterocycles. The molecule has 9 heteroatoms. The molecule has 0 saturated heterocycles. The molecule has 0 spiro atoms. The number of carbonyl (C=O) groups excluding carboxylic acids is 1. The molecule has 0 atom stereocenters. The van der Waals surface area contributed by atoms with Crippen molar-refractivity contribution in [3.63, 3.8) is 0 Å². The van der Waals surface area contributed by atoms with E-state index in [1.54, 1.807) is 26.8 Å². The van der Waals surface area contributed by atoms with Crippen molar-refractivity contribution in [2.24, 2.45) is 0 Å². The number of hydrogen-bond donors (Lipinski definition) is 3. The Bertz CT molecular complexity index is 549. The molecule has 1 rings (SSSR count). The van der Waals surface area contributed by atoms with Gasteiger partial charge in [0.15, 0.2) is 10.9 Å². The lowest BCUT2D eigenvalue weighted by molar-refractivity contribution is 0.0529. The van der Waals surface area contributed by atoms with E-state index >= 15 is 0 Å². The van der Waals surface area contributed by atoms with Gasteiger partial charge in [0, 0.05) is 19.3 Å². The largest absolute Gasteiger partial charge is 0.444 e. The standard InChI is InChI=1S/C13H18Cl2N4O2S/c1-13(2,3)21-12(20)17-5-4-16-11(22)19-10-9(15)6-8(14)7-18-10/h6-7H,4-5H2,1-3H3,(H,17,20)(H2,16,18,19,22). The van der Waals surface area contributed by atoms with Gasteiger partial charge in [-0.15, -0.1) is 0 Å². The first-order chi connectivity index (χ1) is 10.2. The number of thiocarbonyl (C=S) groups is 1. The Hall–Kier alpha value is -1.31. The summed E-state index contributed by atoms with van der Waals surface area (Å²) in [5.41, 5.74) is -0.522. The summed E-state index contributed by atoms with van der Waals surface area (Å²) in [4.78, 5) is 15.4. The Labute approximate surface area is 144 Å². The number of anilines is 1. The van der Waals surface area contributed by atoms with Gasteiger partial charge in [0.25, 0.3) is 0 Å². The number of aromatic nitrogens is 1. The van der Waals surface area contributed by atoms with E-state index in [1.165, 1.54) is 6.20 Å². The van der Waals surface area contributed by atoms with E-state index in [9.17, 15) is 4.79 Å². The molecule has 122 valence electrons. The number of nitrogens with one attached hydrogen (secondary N) is 3. The first kappa shape index (κ1) is 18.7. The quantitative estimate of drug-likeness (QED) is 0.562. The van der Waals surface area contributed by atoms with Crippen molar-refractivity contribution in [1.82, 2.24) is 15.6 Å². The number of amides is 1. The van der Waals surface area contributed by atoms with Crippen LogP contribution in [0, 0.1) is 0 Å². The van der Waals surface area contributed by atoms with Crippen LogP contribution in [-0.4, -0.2) is 34.9 Å². The molecule has 22 heavy (non-hydrogen) atoms. The van der Waals surface area contributed by atoms with Crippen molar-refractivity contribution in [2.45, 2.75) is 26.4 Å². The van der Waals surface area contributed by atoms with Gasteiger partial charge in [-0.2, -0.15) is 0 Å². The lowest BCUT2D eigenvalue weighted by Crippen LogP contribution is -2.39. The van der Waals surface area contributed by atoms with Crippen LogP contribution in [0.1, 0.15) is 20.8 Å². The predicted octanol–water partition coefficient (Wildman–Crippen LogP) is 3.20. The van der Waals surface area contributed by atoms with E-state index in [0.29, 0.717) is 34.1 Å². The number of alkyl carbamates (subject to hydrolysis) is 1. The highest BCUT2D eigenvalue weighted by atomic mass is 35.5. The molecule has 1 amide bonds. The number of nitrogens with zero attached hydrogens (tertiary/aromatic N) is 1. The minimum absolute atomic E-state index is 0.336. The van der Waals surface area contributed by atoms with Crippen LogP contribution in [0.3, 0.4) is 0 Å². The highest BCUT2D eigenvalue weighted by Gasteiger charge is 2.15. The molecular weight excluding hydrogens is 347 g/mol. The smallest absolute Gasteiger partial charge is 0.407 e. The Morgan fingerprint density at radius 3 is 2.55 bits per heavy atom. The van der Waals surface area contributed by atoms with Crippen LogP contribution in [0.4, 0.5) is 10.6 Å². The van der Waals surface area contributed by atoms with Crippen molar-refractivity contribution in [2.75, 3.05) is 18.4 Å². The van der Waals surface area contributed by atoms with Crippen LogP contribution in [0.15, 0.2) is 12.3 Å². The van der Waals surface area contributed by atoms with Crippen LogP contribution >= 0.6 is 35.4 Å². The van der Waals surface area contributed by atoms with Crippen LogP contribution in [0.25, 0.3) is 0 Å². The van der Waals surface area contributed by atoms with Gasteiger partial charge in [-0.05, 0) is 39.1 Å². The van der Waals surface area contributed by atoms with Crippen molar-refractivity contribution in [1.29, 1.82) is 0 Å².